The summed E-state index contributed by atoms with van der Waals surface area (Å²) in [5, 5.41) is 3.62. The summed E-state index contributed by atoms with van der Waals surface area (Å²) < 4.78 is 5.69. The second-order valence-electron chi connectivity index (χ2n) is 4.54. The van der Waals surface area contributed by atoms with Gasteiger partial charge < -0.3 is 10.1 Å². The maximum atomic E-state index is 5.69. The maximum Gasteiger partial charge on any atom is 0.137 e. The molecule has 1 aromatic heterocycles. The summed E-state index contributed by atoms with van der Waals surface area (Å²) in [6.07, 6.45) is 7.53. The number of fused-ring (bicyclic) bond motifs is 1. The topological polar surface area (TPSA) is 34.1 Å². The summed E-state index contributed by atoms with van der Waals surface area (Å²) in [5.41, 5.74) is 0. The number of hydrogen-bond acceptors (Lipinski definition) is 3. The standard InChI is InChI=1S/C12H16N2O.ClH/c1-2-11(7-13-5-1)15-8-10-4-3-9-6-12(9)14-10;/h1-2,5,7,9-10,12,14H,3-4,6,8H2;1H/t9-,10-,12+;/m0./s1. The molecule has 0 amide bonds. The Morgan fingerprint density at radius 2 is 2.38 bits per heavy atom. The molecule has 3 rings (SSSR count). The van der Waals surface area contributed by atoms with Crippen LogP contribution < -0.4 is 10.1 Å². The van der Waals surface area contributed by atoms with Gasteiger partial charge in [-0.1, -0.05) is 0 Å². The lowest BCUT2D eigenvalue weighted by Gasteiger charge is -2.23. The van der Waals surface area contributed by atoms with Crippen molar-refractivity contribution in [1.82, 2.24) is 10.3 Å². The molecular weight excluding hydrogens is 224 g/mol. The zero-order valence-corrected chi connectivity index (χ0v) is 9.95. The number of nitrogens with one attached hydrogen (secondary N) is 1. The van der Waals surface area contributed by atoms with E-state index in [0.717, 1.165) is 24.3 Å². The van der Waals surface area contributed by atoms with Gasteiger partial charge in [0.05, 0.1) is 6.20 Å². The summed E-state index contributed by atoms with van der Waals surface area (Å²) in [6, 6.07) is 5.19. The number of halogens is 1. The molecule has 4 heteroatoms. The molecule has 2 fully saturated rings. The first kappa shape index (κ1) is 11.7. The number of pyridine rings is 1. The van der Waals surface area contributed by atoms with E-state index in [9.17, 15) is 0 Å². The van der Waals surface area contributed by atoms with Crippen LogP contribution in [0.15, 0.2) is 24.5 Å². The monoisotopic (exact) mass is 240 g/mol. The van der Waals surface area contributed by atoms with Crippen LogP contribution in [0.2, 0.25) is 0 Å². The molecule has 0 radical (unpaired) electrons. The molecule has 0 unspecified atom stereocenters. The molecule has 0 spiro atoms. The summed E-state index contributed by atoms with van der Waals surface area (Å²) in [5.74, 6) is 1.84. The second-order valence-corrected chi connectivity index (χ2v) is 4.54. The Morgan fingerprint density at radius 1 is 1.44 bits per heavy atom. The highest BCUT2D eigenvalue weighted by Crippen LogP contribution is 2.39. The van der Waals surface area contributed by atoms with Crippen molar-refractivity contribution in [3.63, 3.8) is 0 Å². The smallest absolute Gasteiger partial charge is 0.137 e. The first-order valence-corrected chi connectivity index (χ1v) is 5.71. The Kier molecular flexibility index (Phi) is 3.66. The minimum atomic E-state index is 0. The first-order chi connectivity index (χ1) is 7.42. The lowest BCUT2D eigenvalue weighted by molar-refractivity contribution is 0.236. The second kappa shape index (κ2) is 5.02. The quantitative estimate of drug-likeness (QED) is 0.878. The highest BCUT2D eigenvalue weighted by molar-refractivity contribution is 5.85. The van der Waals surface area contributed by atoms with Crippen LogP contribution in [-0.4, -0.2) is 23.7 Å². The van der Waals surface area contributed by atoms with E-state index in [1.54, 1.807) is 12.4 Å². The Hall–Kier alpha value is -0.800. The molecule has 1 N–H and O–H groups in total. The lowest BCUT2D eigenvalue weighted by atomic mass is 10.1. The van der Waals surface area contributed by atoms with Crippen LogP contribution in [-0.2, 0) is 0 Å². The molecule has 2 heterocycles. The third-order valence-electron chi connectivity index (χ3n) is 3.34. The van der Waals surface area contributed by atoms with Crippen LogP contribution in [0.3, 0.4) is 0 Å². The average molecular weight is 241 g/mol. The number of rotatable bonds is 3. The van der Waals surface area contributed by atoms with Gasteiger partial charge in [0.1, 0.15) is 12.4 Å². The van der Waals surface area contributed by atoms with E-state index >= 15 is 0 Å². The summed E-state index contributed by atoms with van der Waals surface area (Å²) in [6.45, 7) is 0.773. The normalized spacial score (nSPS) is 31.1. The molecule has 88 valence electrons. The average Bonchev–Trinajstić information content (AvgIpc) is 3.06. The Morgan fingerprint density at radius 3 is 3.12 bits per heavy atom. The first-order valence-electron chi connectivity index (χ1n) is 5.71. The van der Waals surface area contributed by atoms with Crippen LogP contribution in [0.25, 0.3) is 0 Å². The van der Waals surface area contributed by atoms with E-state index in [1.165, 1.54) is 19.3 Å². The third-order valence-corrected chi connectivity index (χ3v) is 3.34. The van der Waals surface area contributed by atoms with E-state index in [2.05, 4.69) is 10.3 Å². The number of ether oxygens (including phenoxy) is 1. The van der Waals surface area contributed by atoms with Gasteiger partial charge in [0.2, 0.25) is 0 Å². The number of hydrogen-bond donors (Lipinski definition) is 1. The van der Waals surface area contributed by atoms with Crippen LogP contribution in [0, 0.1) is 5.92 Å². The van der Waals surface area contributed by atoms with Crippen molar-refractivity contribution in [3.05, 3.63) is 24.5 Å². The molecule has 1 aliphatic heterocycles. The van der Waals surface area contributed by atoms with Crippen LogP contribution in [0.4, 0.5) is 0 Å². The SMILES string of the molecule is Cl.c1cncc(OC[C@@H]2CC[C@H]3C[C@H]3N2)c1. The van der Waals surface area contributed by atoms with Crippen LogP contribution >= 0.6 is 12.4 Å². The van der Waals surface area contributed by atoms with Crippen molar-refractivity contribution in [2.45, 2.75) is 31.3 Å². The molecule has 1 saturated heterocycles. The Balaban J connectivity index is 0.000000963. The van der Waals surface area contributed by atoms with Gasteiger partial charge in [0.25, 0.3) is 0 Å². The molecule has 2 aliphatic rings. The van der Waals surface area contributed by atoms with Crippen molar-refractivity contribution in [2.75, 3.05) is 6.61 Å². The molecule has 16 heavy (non-hydrogen) atoms. The number of nitrogens with zero attached hydrogens (tertiary/aromatic N) is 1. The molecule has 3 atom stereocenters. The van der Waals surface area contributed by atoms with Gasteiger partial charge >= 0.3 is 0 Å². The lowest BCUT2D eigenvalue weighted by Crippen LogP contribution is -2.39. The highest BCUT2D eigenvalue weighted by Gasteiger charge is 2.41. The zero-order chi connectivity index (χ0) is 10.1. The minimum absolute atomic E-state index is 0. The molecule has 0 bridgehead atoms. The van der Waals surface area contributed by atoms with E-state index in [1.807, 2.05) is 12.1 Å². The van der Waals surface area contributed by atoms with Crippen molar-refractivity contribution in [2.24, 2.45) is 5.92 Å². The summed E-state index contributed by atoms with van der Waals surface area (Å²) in [4.78, 5) is 4.03. The fourth-order valence-electron chi connectivity index (χ4n) is 2.33. The predicted molar refractivity (Wildman–Crippen MR) is 65.0 cm³/mol. The third kappa shape index (κ3) is 2.66. The van der Waals surface area contributed by atoms with Crippen LogP contribution in [0.1, 0.15) is 19.3 Å². The van der Waals surface area contributed by atoms with Gasteiger partial charge in [-0.15, -0.1) is 12.4 Å². The van der Waals surface area contributed by atoms with Crippen molar-refractivity contribution in [3.8, 4) is 5.75 Å². The van der Waals surface area contributed by atoms with Gasteiger partial charge in [0, 0.05) is 18.3 Å². The minimum Gasteiger partial charge on any atom is -0.490 e. The van der Waals surface area contributed by atoms with E-state index in [0.29, 0.717) is 6.04 Å². The van der Waals surface area contributed by atoms with Crippen molar-refractivity contribution >= 4 is 12.4 Å². The molecule has 1 aromatic rings. The summed E-state index contributed by atoms with van der Waals surface area (Å²) >= 11 is 0. The fourth-order valence-corrected chi connectivity index (χ4v) is 2.33. The molecule has 0 aromatic carbocycles. The van der Waals surface area contributed by atoms with Crippen LogP contribution in [0.5, 0.6) is 5.75 Å². The summed E-state index contributed by atoms with van der Waals surface area (Å²) in [7, 11) is 0. The Labute approximate surface area is 102 Å². The molecular formula is C12H17ClN2O. The van der Waals surface area contributed by atoms with Gasteiger partial charge in [-0.05, 0) is 37.3 Å². The number of piperidine rings is 1. The van der Waals surface area contributed by atoms with Gasteiger partial charge in [-0.2, -0.15) is 0 Å². The molecule has 3 nitrogen and oxygen atoms in total. The highest BCUT2D eigenvalue weighted by atomic mass is 35.5. The predicted octanol–water partition coefficient (Wildman–Crippen LogP) is 2.02. The molecule has 1 saturated carbocycles. The molecule has 1 aliphatic carbocycles. The van der Waals surface area contributed by atoms with E-state index < -0.39 is 0 Å². The van der Waals surface area contributed by atoms with Gasteiger partial charge in [-0.3, -0.25) is 4.98 Å². The largest absolute Gasteiger partial charge is 0.490 e. The van der Waals surface area contributed by atoms with Crippen molar-refractivity contribution < 1.29 is 4.74 Å². The van der Waals surface area contributed by atoms with Crippen molar-refractivity contribution in [1.29, 1.82) is 0 Å². The van der Waals surface area contributed by atoms with E-state index in [4.69, 9.17) is 4.74 Å². The maximum absolute atomic E-state index is 5.69. The van der Waals surface area contributed by atoms with Gasteiger partial charge in [0.15, 0.2) is 0 Å². The zero-order valence-electron chi connectivity index (χ0n) is 9.13. The fraction of sp³-hybridized carbons (Fsp3) is 0.583. The Bertz CT molecular complexity index is 333. The van der Waals surface area contributed by atoms with Gasteiger partial charge in [-0.25, -0.2) is 0 Å². The van der Waals surface area contributed by atoms with E-state index in [-0.39, 0.29) is 12.4 Å². The number of aromatic nitrogens is 1.